The van der Waals surface area contributed by atoms with Crippen LogP contribution in [-0.4, -0.2) is 48.2 Å². The van der Waals surface area contributed by atoms with Crippen LogP contribution in [0.3, 0.4) is 0 Å². The molecule has 2 heterocycles. The Balaban J connectivity index is 1.44. The molecule has 0 unspecified atom stereocenters. The van der Waals surface area contributed by atoms with E-state index < -0.39 is 0 Å². The third-order valence-corrected chi connectivity index (χ3v) is 5.40. The van der Waals surface area contributed by atoms with Gasteiger partial charge in [-0.15, -0.1) is 0 Å². The summed E-state index contributed by atoms with van der Waals surface area (Å²) in [4.78, 5) is 14.1. The standard InChI is InChI=1S/C15H20N2O2S/c1-19-13-4-2-11(3-5-13)6-7-16-15(18)17-9-14-8-12(17)10-20-14/h2-5,12,14H,6-10H2,1H3,(H,16,18)/t12-,14+/m0/s1. The van der Waals surface area contributed by atoms with Gasteiger partial charge in [0.25, 0.3) is 0 Å². The number of rotatable bonds is 4. The maximum atomic E-state index is 12.1. The van der Waals surface area contributed by atoms with Gasteiger partial charge in [0.1, 0.15) is 5.75 Å². The quantitative estimate of drug-likeness (QED) is 0.924. The molecule has 108 valence electrons. The molecule has 0 spiro atoms. The summed E-state index contributed by atoms with van der Waals surface area (Å²) in [6.07, 6.45) is 2.03. The highest BCUT2D eigenvalue weighted by molar-refractivity contribution is 8.00. The third-order valence-electron chi connectivity index (χ3n) is 4.01. The Labute approximate surface area is 123 Å². The van der Waals surface area contributed by atoms with E-state index in [-0.39, 0.29) is 6.03 Å². The second-order valence-electron chi connectivity index (χ2n) is 5.33. The number of carbonyl (C=O) groups is 1. The van der Waals surface area contributed by atoms with Gasteiger partial charge in [0.2, 0.25) is 0 Å². The highest BCUT2D eigenvalue weighted by Crippen LogP contribution is 2.37. The number of nitrogens with zero attached hydrogens (tertiary/aromatic N) is 1. The molecule has 0 saturated carbocycles. The molecule has 3 rings (SSSR count). The van der Waals surface area contributed by atoms with Crippen molar-refractivity contribution in [2.45, 2.75) is 24.1 Å². The molecule has 1 aromatic carbocycles. The van der Waals surface area contributed by atoms with Crippen molar-refractivity contribution < 1.29 is 9.53 Å². The van der Waals surface area contributed by atoms with Crippen LogP contribution in [0.15, 0.2) is 24.3 Å². The number of nitrogens with one attached hydrogen (secondary N) is 1. The summed E-state index contributed by atoms with van der Waals surface area (Å²) < 4.78 is 5.13. The number of ether oxygens (including phenoxy) is 1. The summed E-state index contributed by atoms with van der Waals surface area (Å²) >= 11 is 2.00. The van der Waals surface area contributed by atoms with Gasteiger partial charge >= 0.3 is 6.03 Å². The predicted molar refractivity (Wildman–Crippen MR) is 81.5 cm³/mol. The first-order valence-electron chi connectivity index (χ1n) is 7.05. The van der Waals surface area contributed by atoms with Crippen molar-refractivity contribution in [3.8, 4) is 5.75 Å². The first kappa shape index (κ1) is 13.6. The Morgan fingerprint density at radius 2 is 2.25 bits per heavy atom. The number of thioether (sulfide) groups is 1. The zero-order valence-corrected chi connectivity index (χ0v) is 12.5. The van der Waals surface area contributed by atoms with Crippen LogP contribution < -0.4 is 10.1 Å². The predicted octanol–water partition coefficient (Wildman–Crippen LogP) is 2.14. The fourth-order valence-corrected chi connectivity index (χ4v) is 4.29. The number of fused-ring (bicyclic) bond motifs is 2. The van der Waals surface area contributed by atoms with Crippen molar-refractivity contribution in [1.82, 2.24) is 10.2 Å². The van der Waals surface area contributed by atoms with E-state index in [0.717, 1.165) is 24.5 Å². The smallest absolute Gasteiger partial charge is 0.317 e. The summed E-state index contributed by atoms with van der Waals surface area (Å²) in [6, 6.07) is 8.55. The minimum absolute atomic E-state index is 0.103. The van der Waals surface area contributed by atoms with Gasteiger partial charge in [-0.1, -0.05) is 12.1 Å². The van der Waals surface area contributed by atoms with Gasteiger partial charge in [-0.25, -0.2) is 4.79 Å². The van der Waals surface area contributed by atoms with Crippen LogP contribution in [0, 0.1) is 0 Å². The van der Waals surface area contributed by atoms with E-state index in [2.05, 4.69) is 5.32 Å². The van der Waals surface area contributed by atoms with E-state index in [1.807, 2.05) is 40.9 Å². The monoisotopic (exact) mass is 292 g/mol. The summed E-state index contributed by atoms with van der Waals surface area (Å²) in [6.45, 7) is 1.61. The lowest BCUT2D eigenvalue weighted by Crippen LogP contribution is -2.45. The number of likely N-dealkylation sites (tertiary alicyclic amines) is 1. The Morgan fingerprint density at radius 3 is 2.85 bits per heavy atom. The molecule has 0 aliphatic carbocycles. The van der Waals surface area contributed by atoms with Gasteiger partial charge in [-0.05, 0) is 30.5 Å². The largest absolute Gasteiger partial charge is 0.497 e. The van der Waals surface area contributed by atoms with E-state index in [1.54, 1.807) is 7.11 Å². The van der Waals surface area contributed by atoms with Crippen LogP contribution in [0.1, 0.15) is 12.0 Å². The maximum Gasteiger partial charge on any atom is 0.317 e. The molecule has 2 amide bonds. The van der Waals surface area contributed by atoms with E-state index >= 15 is 0 Å². The minimum Gasteiger partial charge on any atom is -0.497 e. The first-order valence-corrected chi connectivity index (χ1v) is 8.10. The van der Waals surface area contributed by atoms with Crippen LogP contribution in [0.4, 0.5) is 4.79 Å². The Hall–Kier alpha value is -1.36. The summed E-state index contributed by atoms with van der Waals surface area (Å²) in [7, 11) is 1.66. The van der Waals surface area contributed by atoms with Gasteiger partial charge in [-0.2, -0.15) is 11.8 Å². The normalized spacial score (nSPS) is 23.9. The van der Waals surface area contributed by atoms with Gasteiger partial charge in [-0.3, -0.25) is 0 Å². The van der Waals surface area contributed by atoms with Gasteiger partial charge in [0, 0.05) is 30.1 Å². The van der Waals surface area contributed by atoms with Crippen LogP contribution in [0.2, 0.25) is 0 Å². The topological polar surface area (TPSA) is 41.6 Å². The molecule has 2 fully saturated rings. The van der Waals surface area contributed by atoms with Crippen molar-refractivity contribution in [1.29, 1.82) is 0 Å². The lowest BCUT2D eigenvalue weighted by Gasteiger charge is -2.26. The summed E-state index contributed by atoms with van der Waals surface area (Å²) in [5.74, 6) is 1.97. The molecule has 1 aromatic rings. The molecule has 2 saturated heterocycles. The summed E-state index contributed by atoms with van der Waals surface area (Å²) in [5.41, 5.74) is 1.21. The second-order valence-corrected chi connectivity index (χ2v) is 6.66. The number of carbonyl (C=O) groups excluding carboxylic acids is 1. The summed E-state index contributed by atoms with van der Waals surface area (Å²) in [5, 5.41) is 3.71. The molecule has 5 heteroatoms. The van der Waals surface area contributed by atoms with Crippen LogP contribution >= 0.6 is 11.8 Å². The van der Waals surface area contributed by atoms with Crippen LogP contribution in [0.5, 0.6) is 5.75 Å². The number of hydrogen-bond donors (Lipinski definition) is 1. The molecule has 2 aliphatic rings. The van der Waals surface area contributed by atoms with Gasteiger partial charge < -0.3 is 15.0 Å². The van der Waals surface area contributed by atoms with Gasteiger partial charge in [0.15, 0.2) is 0 Å². The van der Waals surface area contributed by atoms with Crippen LogP contribution in [0.25, 0.3) is 0 Å². The number of urea groups is 1. The van der Waals surface area contributed by atoms with E-state index in [4.69, 9.17) is 4.74 Å². The molecule has 20 heavy (non-hydrogen) atoms. The lowest BCUT2D eigenvalue weighted by atomic mass is 10.1. The molecule has 1 N–H and O–H groups in total. The second kappa shape index (κ2) is 5.95. The zero-order chi connectivity index (χ0) is 13.9. The molecular formula is C15H20N2O2S. The molecule has 2 aliphatic heterocycles. The molecule has 0 radical (unpaired) electrons. The number of methoxy groups -OCH3 is 1. The number of benzene rings is 1. The average molecular weight is 292 g/mol. The maximum absolute atomic E-state index is 12.1. The van der Waals surface area contributed by atoms with Crippen LogP contribution in [-0.2, 0) is 6.42 Å². The first-order chi connectivity index (χ1) is 9.76. The SMILES string of the molecule is COc1ccc(CCNC(=O)N2C[C@H]3C[C@H]2CS3)cc1. The van der Waals surface area contributed by atoms with Crippen molar-refractivity contribution in [3.05, 3.63) is 29.8 Å². The Bertz CT molecular complexity index is 477. The molecule has 4 nitrogen and oxygen atoms in total. The number of amides is 2. The van der Waals surface area contributed by atoms with Gasteiger partial charge in [0.05, 0.1) is 7.11 Å². The van der Waals surface area contributed by atoms with E-state index in [1.165, 1.54) is 12.0 Å². The molecule has 0 aromatic heterocycles. The molecule has 2 atom stereocenters. The van der Waals surface area contributed by atoms with E-state index in [9.17, 15) is 4.79 Å². The third kappa shape index (κ3) is 2.87. The van der Waals surface area contributed by atoms with Crippen molar-refractivity contribution in [3.63, 3.8) is 0 Å². The van der Waals surface area contributed by atoms with Crippen molar-refractivity contribution >= 4 is 17.8 Å². The fraction of sp³-hybridized carbons (Fsp3) is 0.533. The Kier molecular flexibility index (Phi) is 4.05. The average Bonchev–Trinajstić information content (AvgIpc) is 3.10. The minimum atomic E-state index is 0.103. The highest BCUT2D eigenvalue weighted by Gasteiger charge is 2.40. The molecule has 2 bridgehead atoms. The highest BCUT2D eigenvalue weighted by atomic mass is 32.2. The fourth-order valence-electron chi connectivity index (χ4n) is 2.86. The lowest BCUT2D eigenvalue weighted by molar-refractivity contribution is 0.196. The molecular weight excluding hydrogens is 272 g/mol. The van der Waals surface area contributed by atoms with Crippen molar-refractivity contribution in [2.24, 2.45) is 0 Å². The van der Waals surface area contributed by atoms with Crippen molar-refractivity contribution in [2.75, 3.05) is 26.0 Å². The zero-order valence-electron chi connectivity index (χ0n) is 11.7. The van der Waals surface area contributed by atoms with E-state index in [0.29, 0.717) is 17.8 Å². The number of hydrogen-bond acceptors (Lipinski definition) is 3. The Morgan fingerprint density at radius 1 is 1.45 bits per heavy atom.